The van der Waals surface area contributed by atoms with Crippen molar-refractivity contribution in [1.29, 1.82) is 0 Å². The zero-order chi connectivity index (χ0) is 24.2. The van der Waals surface area contributed by atoms with Crippen LogP contribution in [0.25, 0.3) is 11.4 Å². The maximum Gasteiger partial charge on any atom is 0.257 e. The molecule has 34 heavy (non-hydrogen) atoms. The third-order valence-electron chi connectivity index (χ3n) is 5.56. The Morgan fingerprint density at radius 1 is 1.15 bits per heavy atom. The second-order valence-electron chi connectivity index (χ2n) is 7.89. The van der Waals surface area contributed by atoms with Crippen molar-refractivity contribution in [3.63, 3.8) is 0 Å². The first-order valence-electron chi connectivity index (χ1n) is 10.7. The van der Waals surface area contributed by atoms with Gasteiger partial charge in [-0.25, -0.2) is 14.4 Å². The predicted octanol–water partition coefficient (Wildman–Crippen LogP) is 3.58. The highest BCUT2D eigenvalue weighted by Gasteiger charge is 2.21. The van der Waals surface area contributed by atoms with Crippen LogP contribution in [0.5, 0.6) is 5.88 Å². The van der Waals surface area contributed by atoms with E-state index in [1.165, 1.54) is 18.3 Å². The molecule has 1 aromatic carbocycles. The average Bonchev–Trinajstić information content (AvgIpc) is 2.85. The molecule has 0 saturated carbocycles. The highest BCUT2D eigenvalue weighted by atomic mass is 35.5. The maximum atomic E-state index is 13.7. The minimum atomic E-state index is -0.556. The second kappa shape index (κ2) is 10.5. The van der Waals surface area contributed by atoms with E-state index in [0.29, 0.717) is 40.6 Å². The molecule has 2 aromatic heterocycles. The van der Waals surface area contributed by atoms with E-state index in [4.69, 9.17) is 33.7 Å². The molecule has 0 unspecified atom stereocenters. The number of hydrogen-bond acceptors (Lipinski definition) is 7. The van der Waals surface area contributed by atoms with E-state index in [-0.39, 0.29) is 35.7 Å². The highest BCUT2D eigenvalue weighted by Crippen LogP contribution is 2.28. The van der Waals surface area contributed by atoms with Gasteiger partial charge in [0.25, 0.3) is 11.8 Å². The average molecular weight is 505 g/mol. The molecule has 2 N–H and O–H groups in total. The molecule has 1 aliphatic heterocycles. The summed E-state index contributed by atoms with van der Waals surface area (Å²) >= 11 is 12.1. The van der Waals surface area contributed by atoms with Gasteiger partial charge in [-0.05, 0) is 36.9 Å². The summed E-state index contributed by atoms with van der Waals surface area (Å²) in [5.41, 5.74) is 7.74. The van der Waals surface area contributed by atoms with E-state index in [9.17, 15) is 9.18 Å². The van der Waals surface area contributed by atoms with Crippen LogP contribution in [-0.2, 0) is 6.42 Å². The predicted molar refractivity (Wildman–Crippen MR) is 129 cm³/mol. The zero-order valence-electron chi connectivity index (χ0n) is 18.5. The molecule has 3 aromatic rings. The maximum absolute atomic E-state index is 13.7. The van der Waals surface area contributed by atoms with Crippen molar-refractivity contribution >= 4 is 34.9 Å². The molecule has 11 heteroatoms. The molecule has 0 spiro atoms. The number of nitrogens with zero attached hydrogens (tertiary/aromatic N) is 5. The van der Waals surface area contributed by atoms with Crippen LogP contribution >= 0.6 is 23.2 Å². The van der Waals surface area contributed by atoms with Gasteiger partial charge in [0.1, 0.15) is 11.5 Å². The number of ether oxygens (including phenoxy) is 1. The monoisotopic (exact) mass is 504 g/mol. The first-order valence-corrected chi connectivity index (χ1v) is 11.4. The van der Waals surface area contributed by atoms with Gasteiger partial charge in [0, 0.05) is 49.4 Å². The van der Waals surface area contributed by atoms with Gasteiger partial charge < -0.3 is 20.3 Å². The number of benzene rings is 1. The molecule has 0 aliphatic carbocycles. The van der Waals surface area contributed by atoms with Crippen molar-refractivity contribution < 1.29 is 13.9 Å². The summed E-state index contributed by atoms with van der Waals surface area (Å²) in [7, 11) is 2.03. The number of halogens is 3. The van der Waals surface area contributed by atoms with E-state index < -0.39 is 5.82 Å². The SMILES string of the molecule is CN1CCN(C(=O)c2ccnc(-c3cnc(N)c(OCCc4c(Cl)ccc(F)c4Cl)n3)c2)CC1. The Hall–Kier alpha value is -3.01. The Kier molecular flexibility index (Phi) is 7.45. The molecule has 4 rings (SSSR count). The van der Waals surface area contributed by atoms with Crippen molar-refractivity contribution in [2.45, 2.75) is 6.42 Å². The molecule has 0 radical (unpaired) electrons. The van der Waals surface area contributed by atoms with Gasteiger partial charge in [0.05, 0.1) is 23.5 Å². The van der Waals surface area contributed by atoms with Gasteiger partial charge in [-0.3, -0.25) is 9.78 Å². The summed E-state index contributed by atoms with van der Waals surface area (Å²) in [5, 5.41) is 0.295. The summed E-state index contributed by atoms with van der Waals surface area (Å²) in [6.07, 6.45) is 3.27. The molecule has 0 bridgehead atoms. The number of hydrogen-bond donors (Lipinski definition) is 1. The number of carbonyl (C=O) groups excluding carboxylic acids is 1. The lowest BCUT2D eigenvalue weighted by atomic mass is 10.1. The number of piperazine rings is 1. The van der Waals surface area contributed by atoms with E-state index in [2.05, 4.69) is 19.9 Å². The summed E-state index contributed by atoms with van der Waals surface area (Å²) in [6.45, 7) is 3.11. The Labute approximate surface area is 206 Å². The van der Waals surface area contributed by atoms with Crippen molar-refractivity contribution in [2.24, 2.45) is 0 Å². The van der Waals surface area contributed by atoms with Gasteiger partial charge in [-0.15, -0.1) is 0 Å². The van der Waals surface area contributed by atoms with E-state index in [0.717, 1.165) is 13.1 Å². The van der Waals surface area contributed by atoms with Crippen LogP contribution in [0.2, 0.25) is 10.0 Å². The van der Waals surface area contributed by atoms with Gasteiger partial charge in [-0.2, -0.15) is 0 Å². The fraction of sp³-hybridized carbons (Fsp3) is 0.304. The summed E-state index contributed by atoms with van der Waals surface area (Å²) in [5.74, 6) is -0.427. The number of anilines is 1. The van der Waals surface area contributed by atoms with Crippen LogP contribution in [0.3, 0.4) is 0 Å². The van der Waals surface area contributed by atoms with Crippen LogP contribution in [0.15, 0.2) is 36.7 Å². The van der Waals surface area contributed by atoms with E-state index >= 15 is 0 Å². The fourth-order valence-corrected chi connectivity index (χ4v) is 4.11. The summed E-state index contributed by atoms with van der Waals surface area (Å²) < 4.78 is 19.4. The van der Waals surface area contributed by atoms with Crippen molar-refractivity contribution in [1.82, 2.24) is 24.8 Å². The minimum absolute atomic E-state index is 0.0464. The second-order valence-corrected chi connectivity index (χ2v) is 8.68. The minimum Gasteiger partial charge on any atom is -0.475 e. The Morgan fingerprint density at radius 3 is 2.68 bits per heavy atom. The lowest BCUT2D eigenvalue weighted by Crippen LogP contribution is -2.47. The number of likely N-dealkylation sites (N-methyl/N-ethyl adjacent to an activating group) is 1. The first kappa shape index (κ1) is 24.1. The van der Waals surface area contributed by atoms with Crippen LogP contribution in [-0.4, -0.2) is 70.5 Å². The lowest BCUT2D eigenvalue weighted by molar-refractivity contribution is 0.0664. The molecule has 178 valence electrons. The number of carbonyl (C=O) groups is 1. The van der Waals surface area contributed by atoms with E-state index in [1.807, 2.05) is 11.9 Å². The first-order chi connectivity index (χ1) is 16.3. The topological polar surface area (TPSA) is 97.5 Å². The number of aromatic nitrogens is 3. The molecule has 8 nitrogen and oxygen atoms in total. The molecule has 1 amide bonds. The van der Waals surface area contributed by atoms with Gasteiger partial charge in [-0.1, -0.05) is 23.2 Å². The van der Waals surface area contributed by atoms with Gasteiger partial charge in [0.2, 0.25) is 0 Å². The molecule has 3 heterocycles. The van der Waals surface area contributed by atoms with Crippen LogP contribution in [0.1, 0.15) is 15.9 Å². The molecular weight excluding hydrogens is 482 g/mol. The van der Waals surface area contributed by atoms with Crippen LogP contribution in [0.4, 0.5) is 10.2 Å². The third-order valence-corrected chi connectivity index (χ3v) is 6.32. The molecule has 0 atom stereocenters. The number of amides is 1. The van der Waals surface area contributed by atoms with Gasteiger partial charge >= 0.3 is 0 Å². The zero-order valence-corrected chi connectivity index (χ0v) is 20.0. The summed E-state index contributed by atoms with van der Waals surface area (Å²) in [4.78, 5) is 29.8. The summed E-state index contributed by atoms with van der Waals surface area (Å²) in [6, 6.07) is 6.00. The molecular formula is C23H23Cl2FN6O2. The smallest absolute Gasteiger partial charge is 0.257 e. The van der Waals surface area contributed by atoms with Crippen LogP contribution in [0, 0.1) is 5.82 Å². The Morgan fingerprint density at radius 2 is 1.91 bits per heavy atom. The standard InChI is InChI=1S/C23H23Cl2FN6O2/c1-31-7-9-32(10-8-31)23(33)14-4-6-28-18(12-14)19-13-29-21(27)22(30-19)34-11-5-15-16(24)2-3-17(26)20(15)25/h2-4,6,12-13H,5,7-11H2,1H3,(H2,27,29). The van der Waals surface area contributed by atoms with Crippen molar-refractivity contribution in [3.05, 3.63) is 63.6 Å². The molecule has 1 saturated heterocycles. The van der Waals surface area contributed by atoms with E-state index in [1.54, 1.807) is 18.3 Å². The van der Waals surface area contributed by atoms with Crippen molar-refractivity contribution in [2.75, 3.05) is 45.6 Å². The molecule has 1 aliphatic rings. The number of nitrogen functional groups attached to an aromatic ring is 1. The van der Waals surface area contributed by atoms with Gasteiger partial charge in [0.15, 0.2) is 5.82 Å². The Balaban J connectivity index is 1.48. The number of rotatable bonds is 6. The largest absolute Gasteiger partial charge is 0.475 e. The third kappa shape index (κ3) is 5.38. The Bertz CT molecular complexity index is 1200. The fourth-order valence-electron chi connectivity index (χ4n) is 3.55. The quantitative estimate of drug-likeness (QED) is 0.512. The van der Waals surface area contributed by atoms with Crippen molar-refractivity contribution in [3.8, 4) is 17.3 Å². The lowest BCUT2D eigenvalue weighted by Gasteiger charge is -2.32. The van der Waals surface area contributed by atoms with Crippen LogP contribution < -0.4 is 10.5 Å². The number of nitrogens with two attached hydrogens (primary N) is 1. The highest BCUT2D eigenvalue weighted by molar-refractivity contribution is 6.36. The molecule has 1 fully saturated rings. The normalized spacial score (nSPS) is 14.3. The number of pyridine rings is 1.